The molecule has 0 rings (SSSR count). The highest BCUT2D eigenvalue weighted by Crippen LogP contribution is 2.16. The molecule has 0 aromatic carbocycles. The van der Waals surface area contributed by atoms with Crippen LogP contribution in [-0.2, 0) is 4.74 Å². The number of likely N-dealkylation sites (N-methyl/N-ethyl adjacent to an activating group) is 1. The maximum absolute atomic E-state index is 13.1. The van der Waals surface area contributed by atoms with Gasteiger partial charge in [0.1, 0.15) is 5.83 Å². The minimum absolute atomic E-state index is 0.272. The molecule has 0 fully saturated rings. The van der Waals surface area contributed by atoms with E-state index in [4.69, 9.17) is 4.74 Å². The van der Waals surface area contributed by atoms with E-state index in [1.165, 1.54) is 6.08 Å². The average molecular weight is 187 g/mol. The Morgan fingerprint density at radius 3 is 2.46 bits per heavy atom. The molecule has 0 radical (unpaired) electrons. The quantitative estimate of drug-likeness (QED) is 0.610. The molecule has 76 valence electrons. The first-order chi connectivity index (χ1) is 6.02. The van der Waals surface area contributed by atoms with Gasteiger partial charge in [0, 0.05) is 19.2 Å². The van der Waals surface area contributed by atoms with Crippen LogP contribution >= 0.6 is 0 Å². The molecular weight excluding hydrogens is 169 g/mol. The molecule has 0 aromatic rings. The van der Waals surface area contributed by atoms with E-state index in [-0.39, 0.29) is 11.9 Å². The van der Waals surface area contributed by atoms with E-state index in [1.807, 2.05) is 19.0 Å². The van der Waals surface area contributed by atoms with Crippen LogP contribution in [0.2, 0.25) is 0 Å². The van der Waals surface area contributed by atoms with Crippen molar-refractivity contribution in [3.05, 3.63) is 24.1 Å². The zero-order valence-corrected chi connectivity index (χ0v) is 8.80. The predicted molar refractivity (Wildman–Crippen MR) is 53.4 cm³/mol. The molecule has 1 atom stereocenters. The average Bonchev–Trinajstić information content (AvgIpc) is 2.11. The van der Waals surface area contributed by atoms with E-state index >= 15 is 0 Å². The normalized spacial score (nSPS) is 14.8. The van der Waals surface area contributed by atoms with Crippen molar-refractivity contribution < 1.29 is 9.13 Å². The van der Waals surface area contributed by atoms with Gasteiger partial charge in [-0.05, 0) is 21.0 Å². The van der Waals surface area contributed by atoms with Crippen LogP contribution in [0.4, 0.5) is 4.39 Å². The highest BCUT2D eigenvalue weighted by Gasteiger charge is 2.15. The number of methoxy groups -OCH3 is 1. The lowest BCUT2D eigenvalue weighted by molar-refractivity contribution is 0.105. The molecule has 0 saturated heterocycles. The second-order valence-corrected chi connectivity index (χ2v) is 3.15. The first-order valence-corrected chi connectivity index (χ1v) is 4.21. The van der Waals surface area contributed by atoms with Gasteiger partial charge in [-0.2, -0.15) is 0 Å². The zero-order chi connectivity index (χ0) is 10.4. The lowest BCUT2D eigenvalue weighted by Crippen LogP contribution is -2.29. The number of halogens is 1. The van der Waals surface area contributed by atoms with Gasteiger partial charge < -0.3 is 9.64 Å². The molecular formula is C10H18FNO. The van der Waals surface area contributed by atoms with E-state index < -0.39 is 0 Å². The third-order valence-electron chi connectivity index (χ3n) is 1.76. The molecule has 0 aromatic heterocycles. The summed E-state index contributed by atoms with van der Waals surface area (Å²) in [4.78, 5) is 1.93. The minimum atomic E-state index is -0.297. The summed E-state index contributed by atoms with van der Waals surface area (Å²) in [5.74, 6) is -0.297. The highest BCUT2D eigenvalue weighted by atomic mass is 19.1. The van der Waals surface area contributed by atoms with Crippen molar-refractivity contribution in [1.29, 1.82) is 0 Å². The SMILES string of the molecule is C=C(/C(F)=C\C)C(CN(C)C)OC. The van der Waals surface area contributed by atoms with Crippen LogP contribution in [0.3, 0.4) is 0 Å². The van der Waals surface area contributed by atoms with Crippen molar-refractivity contribution in [2.75, 3.05) is 27.7 Å². The van der Waals surface area contributed by atoms with Crippen molar-refractivity contribution in [2.45, 2.75) is 13.0 Å². The summed E-state index contributed by atoms with van der Waals surface area (Å²) in [6, 6.07) is 0. The van der Waals surface area contributed by atoms with Crippen molar-refractivity contribution in [2.24, 2.45) is 0 Å². The zero-order valence-electron chi connectivity index (χ0n) is 8.80. The van der Waals surface area contributed by atoms with Crippen molar-refractivity contribution in [3.8, 4) is 0 Å². The summed E-state index contributed by atoms with van der Waals surface area (Å²) in [5.41, 5.74) is 0.402. The standard InChI is InChI=1S/C10H18FNO/c1-6-9(11)8(2)10(13-5)7-12(3)4/h6,10H,2,7H2,1,3-5H3/b9-6+. The largest absolute Gasteiger partial charge is 0.375 e. The molecule has 1 unspecified atom stereocenters. The molecule has 0 aliphatic heterocycles. The lowest BCUT2D eigenvalue weighted by atomic mass is 10.1. The monoisotopic (exact) mass is 187 g/mol. The Balaban J connectivity index is 4.32. The molecule has 0 aliphatic rings. The fourth-order valence-corrected chi connectivity index (χ4v) is 0.998. The first kappa shape index (κ1) is 12.3. The van der Waals surface area contributed by atoms with Crippen molar-refractivity contribution >= 4 is 0 Å². The van der Waals surface area contributed by atoms with Gasteiger partial charge >= 0.3 is 0 Å². The van der Waals surface area contributed by atoms with Crippen LogP contribution in [0.1, 0.15) is 6.92 Å². The molecule has 13 heavy (non-hydrogen) atoms. The Kier molecular flexibility index (Phi) is 5.58. The van der Waals surface area contributed by atoms with E-state index in [1.54, 1.807) is 14.0 Å². The van der Waals surface area contributed by atoms with Crippen LogP contribution < -0.4 is 0 Å². The van der Waals surface area contributed by atoms with Gasteiger partial charge in [-0.3, -0.25) is 0 Å². The maximum atomic E-state index is 13.1. The predicted octanol–water partition coefficient (Wildman–Crippen LogP) is 1.99. The molecule has 0 amide bonds. The third-order valence-corrected chi connectivity index (χ3v) is 1.76. The number of nitrogens with zero attached hydrogens (tertiary/aromatic N) is 1. The van der Waals surface area contributed by atoms with Gasteiger partial charge in [-0.25, -0.2) is 4.39 Å². The summed E-state index contributed by atoms with van der Waals surface area (Å²) in [6.45, 7) is 5.93. The number of rotatable bonds is 5. The molecule has 0 heterocycles. The molecule has 3 heteroatoms. The minimum Gasteiger partial charge on any atom is -0.375 e. The number of allylic oxidation sites excluding steroid dienone is 1. The van der Waals surface area contributed by atoms with Gasteiger partial charge in [-0.15, -0.1) is 0 Å². The van der Waals surface area contributed by atoms with Gasteiger partial charge in [0.2, 0.25) is 0 Å². The van der Waals surface area contributed by atoms with Crippen LogP contribution in [0.15, 0.2) is 24.1 Å². The topological polar surface area (TPSA) is 12.5 Å². The summed E-state index contributed by atoms with van der Waals surface area (Å²) in [5, 5.41) is 0. The van der Waals surface area contributed by atoms with E-state index in [2.05, 4.69) is 6.58 Å². The van der Waals surface area contributed by atoms with Gasteiger partial charge in [0.25, 0.3) is 0 Å². The molecule has 0 bridgehead atoms. The third kappa shape index (κ3) is 4.20. The van der Waals surface area contributed by atoms with E-state index in [0.717, 1.165) is 0 Å². The summed E-state index contributed by atoms with van der Waals surface area (Å²) in [6.07, 6.45) is 1.12. The Morgan fingerprint density at radius 1 is 1.62 bits per heavy atom. The molecule has 0 saturated carbocycles. The number of hydrogen-bond donors (Lipinski definition) is 0. The smallest absolute Gasteiger partial charge is 0.124 e. The van der Waals surface area contributed by atoms with Gasteiger partial charge in [-0.1, -0.05) is 12.7 Å². The van der Waals surface area contributed by atoms with Crippen LogP contribution in [-0.4, -0.2) is 38.8 Å². The Hall–Kier alpha value is -0.670. The summed E-state index contributed by atoms with van der Waals surface area (Å²) >= 11 is 0. The highest BCUT2D eigenvalue weighted by molar-refractivity contribution is 5.25. The van der Waals surface area contributed by atoms with Gasteiger partial charge in [0.15, 0.2) is 0 Å². The molecule has 2 nitrogen and oxygen atoms in total. The van der Waals surface area contributed by atoms with E-state index in [0.29, 0.717) is 12.1 Å². The Morgan fingerprint density at radius 2 is 2.15 bits per heavy atom. The Labute approximate surface area is 79.7 Å². The number of hydrogen-bond acceptors (Lipinski definition) is 2. The van der Waals surface area contributed by atoms with Crippen molar-refractivity contribution in [3.63, 3.8) is 0 Å². The second kappa shape index (κ2) is 5.89. The van der Waals surface area contributed by atoms with Gasteiger partial charge in [0.05, 0.1) is 6.10 Å². The lowest BCUT2D eigenvalue weighted by Gasteiger charge is -2.20. The van der Waals surface area contributed by atoms with E-state index in [9.17, 15) is 4.39 Å². The summed E-state index contributed by atoms with van der Waals surface area (Å²) < 4.78 is 18.2. The maximum Gasteiger partial charge on any atom is 0.124 e. The molecule has 0 N–H and O–H groups in total. The number of ether oxygens (including phenoxy) is 1. The second-order valence-electron chi connectivity index (χ2n) is 3.15. The fraction of sp³-hybridized carbons (Fsp3) is 0.600. The van der Waals surface area contributed by atoms with Crippen LogP contribution in [0.25, 0.3) is 0 Å². The Bertz CT molecular complexity index is 199. The van der Waals surface area contributed by atoms with Crippen molar-refractivity contribution in [1.82, 2.24) is 4.90 Å². The van der Waals surface area contributed by atoms with Crippen LogP contribution in [0, 0.1) is 0 Å². The summed E-state index contributed by atoms with van der Waals surface area (Å²) in [7, 11) is 5.38. The van der Waals surface area contributed by atoms with Crippen LogP contribution in [0.5, 0.6) is 0 Å². The molecule has 0 spiro atoms. The fourth-order valence-electron chi connectivity index (χ4n) is 0.998. The molecule has 0 aliphatic carbocycles. The first-order valence-electron chi connectivity index (χ1n) is 4.21.